The Morgan fingerprint density at radius 2 is 2.00 bits per heavy atom. The molecule has 33 heavy (non-hydrogen) atoms. The van der Waals surface area contributed by atoms with E-state index in [0.29, 0.717) is 29.5 Å². The summed E-state index contributed by atoms with van der Waals surface area (Å²) >= 11 is 5.94. The lowest BCUT2D eigenvalue weighted by Crippen LogP contribution is -2.45. The molecule has 8 nitrogen and oxygen atoms in total. The van der Waals surface area contributed by atoms with Crippen LogP contribution in [0.4, 0.5) is 5.82 Å². The van der Waals surface area contributed by atoms with Gasteiger partial charge in [-0.25, -0.2) is 13.0 Å². The van der Waals surface area contributed by atoms with Crippen LogP contribution in [0.2, 0.25) is 5.02 Å². The molecule has 10 heteroatoms. The van der Waals surface area contributed by atoms with Crippen LogP contribution in [0.1, 0.15) is 18.4 Å². The minimum absolute atomic E-state index is 0.0105. The van der Waals surface area contributed by atoms with Gasteiger partial charge < -0.3 is 10.5 Å². The van der Waals surface area contributed by atoms with E-state index in [4.69, 9.17) is 22.1 Å². The summed E-state index contributed by atoms with van der Waals surface area (Å²) in [6, 6.07) is 10.8. The summed E-state index contributed by atoms with van der Waals surface area (Å²) in [5.74, 6) is 0.0105. The zero-order chi connectivity index (χ0) is 23.3. The molecule has 4 aromatic rings. The number of sulfone groups is 1. The predicted molar refractivity (Wildman–Crippen MR) is 124 cm³/mol. The van der Waals surface area contributed by atoms with E-state index in [9.17, 15) is 13.2 Å². The van der Waals surface area contributed by atoms with Crippen LogP contribution in [-0.2, 0) is 21.1 Å². The second-order valence-corrected chi connectivity index (χ2v) is 10.5. The molecular formula is C23H22ClN4O4S+. The van der Waals surface area contributed by atoms with Crippen molar-refractivity contribution in [3.63, 3.8) is 0 Å². The first kappa shape index (κ1) is 21.8. The molecule has 3 aromatic heterocycles. The maximum absolute atomic E-state index is 13.5. The molecule has 0 spiro atoms. The number of ether oxygens (including phenoxy) is 1. The smallest absolute Gasteiger partial charge is 0.278 e. The summed E-state index contributed by atoms with van der Waals surface area (Å²) in [5.41, 5.74) is 7.74. The van der Waals surface area contributed by atoms with E-state index >= 15 is 0 Å². The molecule has 1 fully saturated rings. The Labute approximate surface area is 195 Å². The monoisotopic (exact) mass is 485 g/mol. The number of halogens is 1. The first-order valence-corrected chi connectivity index (χ1v) is 12.4. The fourth-order valence-corrected chi connectivity index (χ4v) is 5.70. The molecule has 4 heterocycles. The van der Waals surface area contributed by atoms with Crippen molar-refractivity contribution in [3.05, 3.63) is 69.6 Å². The Kier molecular flexibility index (Phi) is 5.35. The number of aryl methyl sites for hydroxylation is 1. The number of nitrogens with zero attached hydrogens (tertiary/aromatic N) is 3. The predicted octanol–water partition coefficient (Wildman–Crippen LogP) is 2.69. The molecule has 1 aliphatic heterocycles. The van der Waals surface area contributed by atoms with Crippen molar-refractivity contribution in [1.29, 1.82) is 0 Å². The number of pyridine rings is 2. The van der Waals surface area contributed by atoms with Crippen LogP contribution in [0.5, 0.6) is 0 Å². The van der Waals surface area contributed by atoms with Crippen molar-refractivity contribution >= 4 is 43.9 Å². The standard InChI is InChI=1S/C23H21ClN4O4S/c1-14-4-9-20-26-22-18(23(29)27(20)12-14)11-19(21(25)28(22)13-16-3-2-10-32-16)33(30,31)17-7-5-15(24)6-8-17/h4-9,11-12,16,25H,2-3,10,13H2,1H3/p+1/t16-/m1/s1. The molecular weight excluding hydrogens is 464 g/mol. The number of fused-ring (bicyclic) bond motifs is 2. The van der Waals surface area contributed by atoms with Crippen molar-refractivity contribution in [2.75, 3.05) is 12.3 Å². The highest BCUT2D eigenvalue weighted by molar-refractivity contribution is 7.91. The van der Waals surface area contributed by atoms with Gasteiger partial charge >= 0.3 is 0 Å². The quantitative estimate of drug-likeness (QED) is 0.352. The number of aromatic nitrogens is 3. The van der Waals surface area contributed by atoms with Crippen molar-refractivity contribution < 1.29 is 17.7 Å². The Bertz CT molecular complexity index is 1560. The summed E-state index contributed by atoms with van der Waals surface area (Å²) in [6.45, 7) is 2.79. The van der Waals surface area contributed by atoms with E-state index in [0.717, 1.165) is 18.4 Å². The second-order valence-electron chi connectivity index (χ2n) is 8.19. The number of rotatable bonds is 4. The van der Waals surface area contributed by atoms with Gasteiger partial charge in [-0.05, 0) is 61.7 Å². The highest BCUT2D eigenvalue weighted by Crippen LogP contribution is 2.27. The van der Waals surface area contributed by atoms with Crippen molar-refractivity contribution in [1.82, 2.24) is 9.38 Å². The first-order chi connectivity index (χ1) is 15.8. The van der Waals surface area contributed by atoms with Crippen molar-refractivity contribution in [3.8, 4) is 0 Å². The highest BCUT2D eigenvalue weighted by atomic mass is 35.5. The molecule has 1 saturated heterocycles. The van der Waals surface area contributed by atoms with Gasteiger partial charge in [0.1, 0.15) is 10.3 Å². The van der Waals surface area contributed by atoms with Crippen LogP contribution in [0, 0.1) is 6.92 Å². The molecule has 2 N–H and O–H groups in total. The van der Waals surface area contributed by atoms with Crippen molar-refractivity contribution in [2.24, 2.45) is 0 Å². The molecule has 0 aliphatic carbocycles. The van der Waals surface area contributed by atoms with E-state index in [2.05, 4.69) is 4.98 Å². The molecule has 1 atom stereocenters. The zero-order valence-corrected chi connectivity index (χ0v) is 19.4. The lowest BCUT2D eigenvalue weighted by molar-refractivity contribution is -0.667. The van der Waals surface area contributed by atoms with Gasteiger partial charge in [0.25, 0.3) is 11.2 Å². The van der Waals surface area contributed by atoms with Crippen LogP contribution < -0.4 is 15.9 Å². The average molecular weight is 486 g/mol. The van der Waals surface area contributed by atoms with Gasteiger partial charge in [0.2, 0.25) is 21.3 Å². The minimum Gasteiger partial charge on any atom is -0.375 e. The zero-order valence-electron chi connectivity index (χ0n) is 17.9. The third kappa shape index (κ3) is 3.76. The number of nitrogens with two attached hydrogens (primary N) is 1. The van der Waals surface area contributed by atoms with E-state index in [1.165, 1.54) is 34.7 Å². The number of anilines is 1. The molecule has 1 aliphatic rings. The fourth-order valence-electron chi connectivity index (χ4n) is 4.16. The third-order valence-electron chi connectivity index (χ3n) is 5.88. The molecule has 0 bridgehead atoms. The molecule has 1 aromatic carbocycles. The number of hydrogen-bond acceptors (Lipinski definition) is 6. The fraction of sp³-hybridized carbons (Fsp3) is 0.261. The SMILES string of the molecule is Cc1ccc2nc3c(cc(S(=O)(=O)c4ccc(Cl)cc4)c(N)[n+]3C[C@H]3CCCO3)c(=O)n2c1. The Hall–Kier alpha value is -3.01. The normalized spacial score (nSPS) is 16.6. The summed E-state index contributed by atoms with van der Waals surface area (Å²) in [4.78, 5) is 18.0. The first-order valence-electron chi connectivity index (χ1n) is 10.5. The van der Waals surface area contributed by atoms with Gasteiger partial charge in [-0.3, -0.25) is 9.20 Å². The topological polar surface area (TPSA) is 108 Å². The summed E-state index contributed by atoms with van der Waals surface area (Å²) < 4.78 is 35.8. The lowest BCUT2D eigenvalue weighted by Gasteiger charge is -2.15. The van der Waals surface area contributed by atoms with Crippen LogP contribution >= 0.6 is 11.6 Å². The van der Waals surface area contributed by atoms with Gasteiger partial charge in [-0.2, -0.15) is 0 Å². The maximum Gasteiger partial charge on any atom is 0.278 e. The largest absolute Gasteiger partial charge is 0.375 e. The second kappa shape index (κ2) is 8.09. The molecule has 0 amide bonds. The lowest BCUT2D eigenvalue weighted by atomic mass is 10.2. The van der Waals surface area contributed by atoms with E-state index in [1.807, 2.05) is 13.0 Å². The van der Waals surface area contributed by atoms with Crippen LogP contribution in [-0.4, -0.2) is 30.5 Å². The van der Waals surface area contributed by atoms with Gasteiger partial charge in [0.05, 0.1) is 17.5 Å². The van der Waals surface area contributed by atoms with Gasteiger partial charge in [-0.1, -0.05) is 22.7 Å². The maximum atomic E-state index is 13.5. The molecule has 0 saturated carbocycles. The van der Waals surface area contributed by atoms with Crippen LogP contribution in [0.25, 0.3) is 16.7 Å². The van der Waals surface area contributed by atoms with Gasteiger partial charge in [0, 0.05) is 17.8 Å². The molecule has 0 radical (unpaired) electrons. The van der Waals surface area contributed by atoms with E-state index < -0.39 is 9.84 Å². The summed E-state index contributed by atoms with van der Waals surface area (Å²) in [6.07, 6.45) is 3.25. The summed E-state index contributed by atoms with van der Waals surface area (Å²) in [5, 5.41) is 0.580. The highest BCUT2D eigenvalue weighted by Gasteiger charge is 2.31. The average Bonchev–Trinajstić information content (AvgIpc) is 3.30. The third-order valence-corrected chi connectivity index (χ3v) is 7.93. The van der Waals surface area contributed by atoms with Crippen molar-refractivity contribution in [2.45, 2.75) is 42.2 Å². The summed E-state index contributed by atoms with van der Waals surface area (Å²) in [7, 11) is -4.03. The molecule has 170 valence electrons. The van der Waals surface area contributed by atoms with Crippen LogP contribution in [0.15, 0.2) is 63.2 Å². The number of nitrogen functional groups attached to an aromatic ring is 1. The van der Waals surface area contributed by atoms with Gasteiger partial charge in [0.15, 0.2) is 0 Å². The Balaban J connectivity index is 1.83. The van der Waals surface area contributed by atoms with E-state index in [-0.39, 0.29) is 32.7 Å². The van der Waals surface area contributed by atoms with Crippen LogP contribution in [0.3, 0.4) is 0 Å². The van der Waals surface area contributed by atoms with E-state index in [1.54, 1.807) is 16.8 Å². The number of hydrogen-bond donors (Lipinski definition) is 1. The molecule has 0 unspecified atom stereocenters. The number of benzene rings is 1. The van der Waals surface area contributed by atoms with Gasteiger partial charge in [-0.15, -0.1) is 0 Å². The Morgan fingerprint density at radius 1 is 1.24 bits per heavy atom. The Morgan fingerprint density at radius 3 is 2.70 bits per heavy atom. The molecule has 5 rings (SSSR count). The minimum atomic E-state index is -4.03.